The number of ether oxygens (including phenoxy) is 1. The predicted molar refractivity (Wildman–Crippen MR) is 96.4 cm³/mol. The summed E-state index contributed by atoms with van der Waals surface area (Å²) in [6.07, 6.45) is 1.55. The van der Waals surface area contributed by atoms with E-state index in [1.54, 1.807) is 10.8 Å². The highest BCUT2D eigenvalue weighted by Gasteiger charge is 2.21. The van der Waals surface area contributed by atoms with E-state index >= 15 is 0 Å². The van der Waals surface area contributed by atoms with Gasteiger partial charge in [-0.25, -0.2) is 4.79 Å². The van der Waals surface area contributed by atoms with Gasteiger partial charge in [-0.15, -0.1) is 0 Å². The number of nitriles is 1. The van der Waals surface area contributed by atoms with E-state index < -0.39 is 5.97 Å². The molecule has 0 aliphatic heterocycles. The van der Waals surface area contributed by atoms with Crippen molar-refractivity contribution in [1.82, 2.24) is 4.57 Å². The third-order valence-electron chi connectivity index (χ3n) is 4.12. The van der Waals surface area contributed by atoms with Crippen LogP contribution in [0.2, 0.25) is 0 Å². The molecule has 0 saturated heterocycles. The molecule has 3 rings (SSSR count). The summed E-state index contributed by atoms with van der Waals surface area (Å²) < 4.78 is 6.42. The molecule has 0 saturated carbocycles. The zero-order valence-electron chi connectivity index (χ0n) is 14.0. The lowest BCUT2D eigenvalue weighted by Crippen LogP contribution is -2.11. The molecule has 3 aromatic rings. The number of hydrogen-bond acceptors (Lipinski definition) is 4. The number of rotatable bonds is 3. The molecular formula is C20H17N3O2. The van der Waals surface area contributed by atoms with Gasteiger partial charge in [0.2, 0.25) is 0 Å². The molecular weight excluding hydrogens is 314 g/mol. The third-order valence-corrected chi connectivity index (χ3v) is 4.12. The molecule has 1 heterocycles. The van der Waals surface area contributed by atoms with Gasteiger partial charge in [-0.2, -0.15) is 5.26 Å². The number of aromatic nitrogens is 1. The number of nitrogens with zero attached hydrogens (tertiary/aromatic N) is 2. The van der Waals surface area contributed by atoms with Gasteiger partial charge in [-0.3, -0.25) is 0 Å². The first-order chi connectivity index (χ1) is 12.1. The van der Waals surface area contributed by atoms with Crippen molar-refractivity contribution < 1.29 is 9.53 Å². The largest absolute Gasteiger partial charge is 0.464 e. The van der Waals surface area contributed by atoms with Crippen molar-refractivity contribution in [2.75, 3.05) is 12.8 Å². The Labute approximate surface area is 145 Å². The molecule has 1 aromatic heterocycles. The van der Waals surface area contributed by atoms with Crippen LogP contribution >= 0.6 is 0 Å². The average molecular weight is 331 g/mol. The van der Waals surface area contributed by atoms with Crippen LogP contribution in [0.25, 0.3) is 16.8 Å². The second-order valence-electron chi connectivity index (χ2n) is 5.64. The fraction of sp³-hybridized carbons (Fsp3) is 0.100. The van der Waals surface area contributed by atoms with Crippen LogP contribution in [0.3, 0.4) is 0 Å². The molecule has 0 unspecified atom stereocenters. The summed E-state index contributed by atoms with van der Waals surface area (Å²) in [7, 11) is 1.29. The maximum Gasteiger partial charge on any atom is 0.357 e. The minimum absolute atomic E-state index is 0.121. The molecule has 0 atom stereocenters. The number of carbonyl (C=O) groups is 1. The van der Waals surface area contributed by atoms with Crippen molar-refractivity contribution in [3.05, 3.63) is 71.5 Å². The van der Waals surface area contributed by atoms with Crippen LogP contribution in [0.15, 0.2) is 54.7 Å². The molecule has 0 bridgehead atoms. The monoisotopic (exact) mass is 331 g/mol. The molecule has 0 aliphatic carbocycles. The summed E-state index contributed by atoms with van der Waals surface area (Å²) in [5.74, 6) is -0.583. The Kier molecular flexibility index (Phi) is 4.27. The first kappa shape index (κ1) is 16.3. The number of carbonyl (C=O) groups excluding carboxylic acids is 1. The first-order valence-corrected chi connectivity index (χ1v) is 7.72. The van der Waals surface area contributed by atoms with Gasteiger partial charge < -0.3 is 15.0 Å². The summed E-state index contributed by atoms with van der Waals surface area (Å²) in [4.78, 5) is 12.1. The highest BCUT2D eigenvalue weighted by Crippen LogP contribution is 2.29. The summed E-state index contributed by atoms with van der Waals surface area (Å²) in [6.45, 7) is 2.04. The Balaban J connectivity index is 2.19. The van der Waals surface area contributed by atoms with Crippen LogP contribution in [0, 0.1) is 18.3 Å². The number of aryl methyl sites for hydroxylation is 1. The average Bonchev–Trinajstić information content (AvgIpc) is 2.98. The molecule has 0 aliphatic rings. The van der Waals surface area contributed by atoms with Crippen LogP contribution in [-0.2, 0) is 4.74 Å². The smallest absolute Gasteiger partial charge is 0.357 e. The number of esters is 1. The van der Waals surface area contributed by atoms with E-state index in [4.69, 9.17) is 10.5 Å². The minimum Gasteiger partial charge on any atom is -0.464 e. The SMILES string of the molecule is COC(=O)c1c(N)c(C#N)cn1-c1cccc(-c2ccccc2C)c1. The molecule has 5 heteroatoms. The van der Waals surface area contributed by atoms with Gasteiger partial charge in [0.1, 0.15) is 6.07 Å². The van der Waals surface area contributed by atoms with Gasteiger partial charge in [0.25, 0.3) is 0 Å². The zero-order chi connectivity index (χ0) is 18.0. The van der Waals surface area contributed by atoms with Gasteiger partial charge in [0.05, 0.1) is 18.4 Å². The fourth-order valence-corrected chi connectivity index (χ4v) is 2.84. The molecule has 2 aromatic carbocycles. The first-order valence-electron chi connectivity index (χ1n) is 7.72. The van der Waals surface area contributed by atoms with Crippen molar-refractivity contribution in [3.8, 4) is 22.9 Å². The maximum atomic E-state index is 12.1. The second kappa shape index (κ2) is 6.54. The van der Waals surface area contributed by atoms with Crippen LogP contribution in [0.5, 0.6) is 0 Å². The predicted octanol–water partition coefficient (Wildman–Crippen LogP) is 3.69. The van der Waals surface area contributed by atoms with Gasteiger partial charge in [0.15, 0.2) is 5.69 Å². The van der Waals surface area contributed by atoms with Crippen molar-refractivity contribution in [2.24, 2.45) is 0 Å². The topological polar surface area (TPSA) is 81.0 Å². The van der Waals surface area contributed by atoms with Gasteiger partial charge in [0, 0.05) is 11.9 Å². The number of anilines is 1. The Bertz CT molecular complexity index is 996. The Hall–Kier alpha value is -3.52. The van der Waals surface area contributed by atoms with E-state index in [9.17, 15) is 10.1 Å². The summed E-state index contributed by atoms with van der Waals surface area (Å²) in [6, 6.07) is 17.8. The highest BCUT2D eigenvalue weighted by molar-refractivity contribution is 5.96. The van der Waals surface area contributed by atoms with Crippen LogP contribution in [-0.4, -0.2) is 17.6 Å². The van der Waals surface area contributed by atoms with Crippen LogP contribution in [0.1, 0.15) is 21.6 Å². The highest BCUT2D eigenvalue weighted by atomic mass is 16.5. The van der Waals surface area contributed by atoms with E-state index in [-0.39, 0.29) is 16.9 Å². The van der Waals surface area contributed by atoms with E-state index in [1.807, 2.05) is 61.5 Å². The van der Waals surface area contributed by atoms with Crippen LogP contribution < -0.4 is 5.73 Å². The second-order valence-corrected chi connectivity index (χ2v) is 5.64. The van der Waals surface area contributed by atoms with Crippen molar-refractivity contribution in [3.63, 3.8) is 0 Å². The molecule has 0 amide bonds. The lowest BCUT2D eigenvalue weighted by atomic mass is 10.0. The lowest BCUT2D eigenvalue weighted by molar-refractivity contribution is 0.0593. The molecule has 5 nitrogen and oxygen atoms in total. The normalized spacial score (nSPS) is 10.3. The number of hydrogen-bond donors (Lipinski definition) is 1. The fourth-order valence-electron chi connectivity index (χ4n) is 2.84. The Morgan fingerprint density at radius 1 is 1.20 bits per heavy atom. The Morgan fingerprint density at radius 2 is 1.96 bits per heavy atom. The molecule has 0 spiro atoms. The molecule has 25 heavy (non-hydrogen) atoms. The van der Waals surface area contributed by atoms with Crippen molar-refractivity contribution in [1.29, 1.82) is 5.26 Å². The van der Waals surface area contributed by atoms with Gasteiger partial charge in [-0.1, -0.05) is 36.4 Å². The zero-order valence-corrected chi connectivity index (χ0v) is 14.0. The number of nitrogens with two attached hydrogens (primary N) is 1. The maximum absolute atomic E-state index is 12.1. The molecule has 2 N–H and O–H groups in total. The van der Waals surface area contributed by atoms with E-state index in [1.165, 1.54) is 7.11 Å². The molecule has 0 radical (unpaired) electrons. The van der Waals surface area contributed by atoms with Gasteiger partial charge >= 0.3 is 5.97 Å². The Morgan fingerprint density at radius 3 is 2.64 bits per heavy atom. The van der Waals surface area contributed by atoms with E-state index in [0.29, 0.717) is 0 Å². The standard InChI is InChI=1S/C20H17N3O2/c1-13-6-3-4-9-17(13)14-7-5-8-16(10-14)23-12-15(11-21)18(22)19(23)20(24)25-2/h3-10,12H,22H2,1-2H3. The van der Waals surface area contributed by atoms with Gasteiger partial charge in [-0.05, 0) is 35.7 Å². The summed E-state index contributed by atoms with van der Waals surface area (Å²) in [5, 5.41) is 9.23. The minimum atomic E-state index is -0.583. The van der Waals surface area contributed by atoms with Crippen molar-refractivity contribution >= 4 is 11.7 Å². The number of methoxy groups -OCH3 is 1. The lowest BCUT2D eigenvalue weighted by Gasteiger charge is -2.11. The number of benzene rings is 2. The quantitative estimate of drug-likeness (QED) is 0.742. The van der Waals surface area contributed by atoms with Crippen LogP contribution in [0.4, 0.5) is 5.69 Å². The summed E-state index contributed by atoms with van der Waals surface area (Å²) >= 11 is 0. The van der Waals surface area contributed by atoms with Crippen molar-refractivity contribution in [2.45, 2.75) is 6.92 Å². The number of nitrogen functional groups attached to an aromatic ring is 1. The summed E-state index contributed by atoms with van der Waals surface area (Å²) in [5.41, 5.74) is 10.5. The third kappa shape index (κ3) is 2.86. The van der Waals surface area contributed by atoms with E-state index in [2.05, 4.69) is 0 Å². The molecule has 0 fully saturated rings. The van der Waals surface area contributed by atoms with E-state index in [0.717, 1.165) is 22.4 Å². The molecule has 124 valence electrons.